The van der Waals surface area contributed by atoms with Gasteiger partial charge in [-0.15, -0.1) is 0 Å². The van der Waals surface area contributed by atoms with Crippen molar-refractivity contribution in [2.45, 2.75) is 20.0 Å². The highest BCUT2D eigenvalue weighted by molar-refractivity contribution is 5.89. The number of rotatable bonds is 7. The molecule has 0 saturated carbocycles. The Morgan fingerprint density at radius 1 is 1.00 bits per heavy atom. The number of aromatic nitrogens is 1. The number of hydrogen-bond acceptors (Lipinski definition) is 3. The first-order chi connectivity index (χ1) is 16.0. The van der Waals surface area contributed by atoms with Gasteiger partial charge in [0.2, 0.25) is 0 Å². The Labute approximate surface area is 190 Å². The molecule has 0 aliphatic heterocycles. The third kappa shape index (κ3) is 5.57. The number of nitrogens with zero attached hydrogens (tertiary/aromatic N) is 1. The zero-order valence-electron chi connectivity index (χ0n) is 18.2. The standard InChI is InChI=1S/C26H24FN3O3/c1-2-33-23-12-13-24-19(15-23)14-20(25(31)29-24)17-30(16-18-8-10-21(27)11-9-18)26(32)28-22-6-4-3-5-7-22/h3-15H,2,16-17H2,1H3,(H,28,32)(H,29,31). The minimum Gasteiger partial charge on any atom is -0.494 e. The molecule has 0 spiro atoms. The molecule has 0 unspecified atom stereocenters. The van der Waals surface area contributed by atoms with Crippen molar-refractivity contribution < 1.29 is 13.9 Å². The smallest absolute Gasteiger partial charge is 0.322 e. The summed E-state index contributed by atoms with van der Waals surface area (Å²) in [7, 11) is 0. The molecular formula is C26H24FN3O3. The molecule has 2 N–H and O–H groups in total. The van der Waals surface area contributed by atoms with Gasteiger partial charge in [0.25, 0.3) is 5.56 Å². The van der Waals surface area contributed by atoms with E-state index in [0.29, 0.717) is 29.1 Å². The van der Waals surface area contributed by atoms with Crippen LogP contribution in [-0.2, 0) is 13.1 Å². The first kappa shape index (κ1) is 22.1. The van der Waals surface area contributed by atoms with Crippen LogP contribution in [0, 0.1) is 5.82 Å². The predicted octanol–water partition coefficient (Wildman–Crippen LogP) is 5.30. The molecule has 6 nitrogen and oxygen atoms in total. The normalized spacial score (nSPS) is 10.7. The van der Waals surface area contributed by atoms with Gasteiger partial charge < -0.3 is 19.9 Å². The summed E-state index contributed by atoms with van der Waals surface area (Å²) < 4.78 is 18.9. The van der Waals surface area contributed by atoms with Gasteiger partial charge in [0, 0.05) is 28.7 Å². The molecule has 0 aliphatic rings. The number of ether oxygens (including phenoxy) is 1. The first-order valence-electron chi connectivity index (χ1n) is 10.7. The van der Waals surface area contributed by atoms with Gasteiger partial charge >= 0.3 is 6.03 Å². The summed E-state index contributed by atoms with van der Waals surface area (Å²) in [5.41, 5.74) is 2.23. The number of H-pyrrole nitrogens is 1. The highest BCUT2D eigenvalue weighted by atomic mass is 19.1. The number of para-hydroxylation sites is 1. The second-order valence-electron chi connectivity index (χ2n) is 7.58. The van der Waals surface area contributed by atoms with E-state index in [0.717, 1.165) is 10.9 Å². The maximum Gasteiger partial charge on any atom is 0.322 e. The minimum atomic E-state index is -0.368. The molecule has 168 valence electrons. The van der Waals surface area contributed by atoms with Crippen molar-refractivity contribution in [3.8, 4) is 5.75 Å². The summed E-state index contributed by atoms with van der Waals surface area (Å²) in [6.07, 6.45) is 0. The number of amides is 2. The largest absolute Gasteiger partial charge is 0.494 e. The lowest BCUT2D eigenvalue weighted by Crippen LogP contribution is -2.35. The van der Waals surface area contributed by atoms with Crippen LogP contribution < -0.4 is 15.6 Å². The van der Waals surface area contributed by atoms with Crippen molar-refractivity contribution in [2.75, 3.05) is 11.9 Å². The van der Waals surface area contributed by atoms with Gasteiger partial charge in [-0.1, -0.05) is 30.3 Å². The Balaban J connectivity index is 1.65. The van der Waals surface area contributed by atoms with E-state index in [9.17, 15) is 14.0 Å². The fourth-order valence-corrected chi connectivity index (χ4v) is 3.54. The van der Waals surface area contributed by atoms with Gasteiger partial charge in [-0.3, -0.25) is 4.79 Å². The van der Waals surface area contributed by atoms with E-state index in [2.05, 4.69) is 10.3 Å². The van der Waals surface area contributed by atoms with Crippen LogP contribution in [0.3, 0.4) is 0 Å². The molecule has 2 amide bonds. The summed E-state index contributed by atoms with van der Waals surface area (Å²) in [6, 6.07) is 21.9. The number of halogens is 1. The van der Waals surface area contributed by atoms with Gasteiger partial charge in [0.1, 0.15) is 11.6 Å². The number of carbonyl (C=O) groups is 1. The third-order valence-corrected chi connectivity index (χ3v) is 5.16. The number of pyridine rings is 1. The van der Waals surface area contributed by atoms with E-state index in [1.54, 1.807) is 42.5 Å². The van der Waals surface area contributed by atoms with Crippen LogP contribution in [0.1, 0.15) is 18.1 Å². The number of carbonyl (C=O) groups excluding carboxylic acids is 1. The lowest BCUT2D eigenvalue weighted by Gasteiger charge is -2.23. The van der Waals surface area contributed by atoms with E-state index >= 15 is 0 Å². The summed E-state index contributed by atoms with van der Waals surface area (Å²) in [5, 5.41) is 3.66. The first-order valence-corrected chi connectivity index (χ1v) is 10.7. The molecule has 0 radical (unpaired) electrons. The van der Waals surface area contributed by atoms with Crippen molar-refractivity contribution in [2.24, 2.45) is 0 Å². The van der Waals surface area contributed by atoms with Gasteiger partial charge in [0.05, 0.1) is 13.2 Å². The quantitative estimate of drug-likeness (QED) is 0.405. The van der Waals surface area contributed by atoms with E-state index in [-0.39, 0.29) is 30.5 Å². The molecule has 3 aromatic carbocycles. The second-order valence-corrected chi connectivity index (χ2v) is 7.58. The third-order valence-electron chi connectivity index (χ3n) is 5.16. The van der Waals surface area contributed by atoms with Crippen LogP contribution in [0.5, 0.6) is 5.75 Å². The van der Waals surface area contributed by atoms with Gasteiger partial charge in [-0.2, -0.15) is 0 Å². The van der Waals surface area contributed by atoms with Crippen molar-refractivity contribution in [3.05, 3.63) is 106 Å². The number of urea groups is 1. The van der Waals surface area contributed by atoms with E-state index in [1.165, 1.54) is 17.0 Å². The van der Waals surface area contributed by atoms with Gasteiger partial charge in [-0.25, -0.2) is 9.18 Å². The van der Waals surface area contributed by atoms with Crippen molar-refractivity contribution in [3.63, 3.8) is 0 Å². The summed E-state index contributed by atoms with van der Waals surface area (Å²) >= 11 is 0. The fourth-order valence-electron chi connectivity index (χ4n) is 3.54. The predicted molar refractivity (Wildman–Crippen MR) is 127 cm³/mol. The topological polar surface area (TPSA) is 74.4 Å². The molecular weight excluding hydrogens is 421 g/mol. The maximum absolute atomic E-state index is 13.4. The average Bonchev–Trinajstić information content (AvgIpc) is 2.81. The lowest BCUT2D eigenvalue weighted by molar-refractivity contribution is 0.206. The maximum atomic E-state index is 13.4. The summed E-state index contributed by atoms with van der Waals surface area (Å²) in [5.74, 6) is 0.350. The SMILES string of the molecule is CCOc1ccc2[nH]c(=O)c(CN(Cc3ccc(F)cc3)C(=O)Nc3ccccc3)cc2c1. The molecule has 33 heavy (non-hydrogen) atoms. The van der Waals surface area contributed by atoms with Crippen LogP contribution >= 0.6 is 0 Å². The fraction of sp³-hybridized carbons (Fsp3) is 0.154. The zero-order chi connectivity index (χ0) is 23.2. The number of nitrogens with one attached hydrogen (secondary N) is 2. The molecule has 1 heterocycles. The van der Waals surface area contributed by atoms with Crippen molar-refractivity contribution in [1.29, 1.82) is 0 Å². The van der Waals surface area contributed by atoms with Gasteiger partial charge in [-0.05, 0) is 61.0 Å². The Hall–Kier alpha value is -4.13. The van der Waals surface area contributed by atoms with Gasteiger partial charge in [0.15, 0.2) is 0 Å². The molecule has 0 aliphatic carbocycles. The summed E-state index contributed by atoms with van der Waals surface area (Å²) in [4.78, 5) is 30.3. The molecule has 4 rings (SSSR count). The Kier molecular flexibility index (Phi) is 6.69. The molecule has 0 bridgehead atoms. The van der Waals surface area contributed by atoms with E-state index < -0.39 is 0 Å². The Morgan fingerprint density at radius 3 is 2.48 bits per heavy atom. The minimum absolute atomic E-state index is 0.0696. The Bertz CT molecular complexity index is 1300. The van der Waals surface area contributed by atoms with Crippen LogP contribution in [-0.4, -0.2) is 22.5 Å². The highest BCUT2D eigenvalue weighted by Crippen LogP contribution is 2.20. The average molecular weight is 445 g/mol. The number of hydrogen-bond donors (Lipinski definition) is 2. The van der Waals surface area contributed by atoms with E-state index in [1.807, 2.05) is 31.2 Å². The lowest BCUT2D eigenvalue weighted by atomic mass is 10.1. The van der Waals surface area contributed by atoms with Crippen molar-refractivity contribution >= 4 is 22.6 Å². The summed E-state index contributed by atoms with van der Waals surface area (Å²) in [6.45, 7) is 2.71. The van der Waals surface area contributed by atoms with Crippen LogP contribution in [0.4, 0.5) is 14.9 Å². The monoisotopic (exact) mass is 445 g/mol. The molecule has 0 saturated heterocycles. The van der Waals surface area contributed by atoms with Crippen LogP contribution in [0.15, 0.2) is 83.7 Å². The number of fused-ring (bicyclic) bond motifs is 1. The van der Waals surface area contributed by atoms with Crippen molar-refractivity contribution in [1.82, 2.24) is 9.88 Å². The van der Waals surface area contributed by atoms with E-state index in [4.69, 9.17) is 4.74 Å². The Morgan fingerprint density at radius 2 is 1.76 bits per heavy atom. The highest BCUT2D eigenvalue weighted by Gasteiger charge is 2.17. The zero-order valence-corrected chi connectivity index (χ0v) is 18.2. The number of aromatic amines is 1. The van der Waals surface area contributed by atoms with Crippen LogP contribution in [0.2, 0.25) is 0 Å². The van der Waals surface area contributed by atoms with Crippen LogP contribution in [0.25, 0.3) is 10.9 Å². The molecule has 4 aromatic rings. The molecule has 1 aromatic heterocycles. The molecule has 0 atom stereocenters. The second kappa shape index (κ2) is 9.99. The number of anilines is 1. The number of benzene rings is 3. The molecule has 7 heteroatoms. The molecule has 0 fully saturated rings.